The quantitative estimate of drug-likeness (QED) is 0.206. The van der Waals surface area contributed by atoms with Crippen molar-refractivity contribution in [1.29, 1.82) is 0 Å². The number of hydrogen-bond acceptors (Lipinski definition) is 11. The molecule has 2 aromatic carbocycles. The standard InChI is InChI=1S/C30H40N6O7S2/c1-5-41-29-23(17-28(38)43-29)33-45(39,40)26-11-10-21(31-27(37)19-35-14-12-34(3)13-15-35)16-25(26)42-20(2)18-36-24-9-7-6-8-22(24)32-30(36)44-4/h6-11,16,20,23,29,33H,5,12-15,17-19H2,1-4H3,(H,31,37)/t20-,23?,29?/m1/s1. The molecule has 2 aliphatic heterocycles. The molecule has 2 saturated heterocycles. The number of rotatable bonds is 13. The number of ether oxygens (including phenoxy) is 3. The van der Waals surface area contributed by atoms with Gasteiger partial charge in [-0.1, -0.05) is 23.9 Å². The van der Waals surface area contributed by atoms with Crippen molar-refractivity contribution in [2.24, 2.45) is 0 Å². The molecule has 2 unspecified atom stereocenters. The summed E-state index contributed by atoms with van der Waals surface area (Å²) < 4.78 is 49.0. The number of thioether (sulfide) groups is 1. The van der Waals surface area contributed by atoms with Crippen LogP contribution in [-0.4, -0.2) is 111 Å². The number of nitrogens with one attached hydrogen (secondary N) is 2. The SMILES string of the molecule is CCOC1OC(=O)CC1NS(=O)(=O)c1ccc(NC(=O)CN2CCN(C)CC2)cc1O[C@H](C)Cn1c(SC)nc2ccccc21. The summed E-state index contributed by atoms with van der Waals surface area (Å²) in [6.45, 7) is 7.77. The van der Waals surface area contributed by atoms with Gasteiger partial charge in [-0.15, -0.1) is 0 Å². The highest BCUT2D eigenvalue weighted by atomic mass is 32.2. The number of likely N-dealkylation sites (N-methyl/N-ethyl adjacent to an activating group) is 1. The van der Waals surface area contributed by atoms with Crippen LogP contribution in [-0.2, 0) is 35.6 Å². The van der Waals surface area contributed by atoms with E-state index in [1.165, 1.54) is 30.0 Å². The number of hydrogen-bond donors (Lipinski definition) is 2. The van der Waals surface area contributed by atoms with Gasteiger partial charge in [0.1, 0.15) is 16.7 Å². The zero-order valence-electron chi connectivity index (χ0n) is 25.9. The van der Waals surface area contributed by atoms with Crippen molar-refractivity contribution in [3.63, 3.8) is 0 Å². The van der Waals surface area contributed by atoms with E-state index in [-0.39, 0.29) is 36.1 Å². The molecule has 2 N–H and O–H groups in total. The molecule has 0 bridgehead atoms. The van der Waals surface area contributed by atoms with E-state index in [1.807, 2.05) is 42.0 Å². The number of cyclic esters (lactones) is 1. The largest absolute Gasteiger partial charge is 0.487 e. The smallest absolute Gasteiger partial charge is 0.310 e. The van der Waals surface area contributed by atoms with Gasteiger partial charge in [0.15, 0.2) is 5.16 Å². The Morgan fingerprint density at radius 1 is 1.18 bits per heavy atom. The number of sulfonamides is 1. The number of carbonyl (C=O) groups excluding carboxylic acids is 2. The molecule has 0 saturated carbocycles. The number of esters is 1. The molecule has 15 heteroatoms. The lowest BCUT2D eigenvalue weighted by molar-refractivity contribution is -0.163. The summed E-state index contributed by atoms with van der Waals surface area (Å²) in [6, 6.07) is 11.3. The average Bonchev–Trinajstić information content (AvgIpc) is 3.52. The van der Waals surface area contributed by atoms with Crippen LogP contribution in [0.1, 0.15) is 20.3 Å². The summed E-state index contributed by atoms with van der Waals surface area (Å²) in [5.41, 5.74) is 2.19. The monoisotopic (exact) mass is 660 g/mol. The van der Waals surface area contributed by atoms with Gasteiger partial charge in [0, 0.05) is 44.5 Å². The van der Waals surface area contributed by atoms with Gasteiger partial charge in [0.2, 0.25) is 22.2 Å². The number of fused-ring (bicyclic) bond motifs is 1. The molecule has 2 fully saturated rings. The van der Waals surface area contributed by atoms with Gasteiger partial charge in [-0.25, -0.2) is 18.1 Å². The van der Waals surface area contributed by atoms with Crippen LogP contribution in [0, 0.1) is 0 Å². The van der Waals surface area contributed by atoms with Gasteiger partial charge < -0.3 is 29.0 Å². The van der Waals surface area contributed by atoms with Gasteiger partial charge >= 0.3 is 5.97 Å². The molecule has 45 heavy (non-hydrogen) atoms. The molecule has 0 aliphatic carbocycles. The lowest BCUT2D eigenvalue weighted by Crippen LogP contribution is -2.47. The zero-order valence-corrected chi connectivity index (χ0v) is 27.5. The number of amides is 1. The number of imidazole rings is 1. The van der Waals surface area contributed by atoms with E-state index >= 15 is 0 Å². The summed E-state index contributed by atoms with van der Waals surface area (Å²) >= 11 is 1.51. The third kappa shape index (κ3) is 8.15. The number of piperazine rings is 1. The summed E-state index contributed by atoms with van der Waals surface area (Å²) in [7, 11) is -2.16. The Balaban J connectivity index is 1.39. The Hall–Kier alpha value is -3.21. The Bertz CT molecular complexity index is 1620. The molecular weight excluding hydrogens is 620 g/mol. The Morgan fingerprint density at radius 2 is 1.93 bits per heavy atom. The molecule has 3 aromatic rings. The maximum atomic E-state index is 13.7. The maximum Gasteiger partial charge on any atom is 0.310 e. The van der Waals surface area contributed by atoms with Crippen molar-refractivity contribution in [1.82, 2.24) is 24.1 Å². The highest BCUT2D eigenvalue weighted by Gasteiger charge is 2.39. The van der Waals surface area contributed by atoms with E-state index in [0.717, 1.165) is 42.4 Å². The molecule has 13 nitrogen and oxygen atoms in total. The fourth-order valence-electron chi connectivity index (χ4n) is 5.42. The van der Waals surface area contributed by atoms with Crippen molar-refractivity contribution < 1.29 is 32.2 Å². The summed E-state index contributed by atoms with van der Waals surface area (Å²) in [5, 5.41) is 3.70. The first-order valence-electron chi connectivity index (χ1n) is 14.9. The normalized spacial score (nSPS) is 20.3. The first-order chi connectivity index (χ1) is 21.6. The fourth-order valence-corrected chi connectivity index (χ4v) is 7.34. The molecule has 1 aromatic heterocycles. The van der Waals surface area contributed by atoms with Gasteiger partial charge in [0.05, 0.1) is 36.6 Å². The van der Waals surface area contributed by atoms with Gasteiger partial charge in [-0.3, -0.25) is 14.5 Å². The Morgan fingerprint density at radius 3 is 2.67 bits per heavy atom. The second kappa shape index (κ2) is 14.5. The van der Waals surface area contributed by atoms with Crippen molar-refractivity contribution in [2.45, 2.75) is 55.3 Å². The third-order valence-corrected chi connectivity index (χ3v) is 9.86. The average molecular weight is 661 g/mol. The lowest BCUT2D eigenvalue weighted by Gasteiger charge is -2.31. The van der Waals surface area contributed by atoms with Gasteiger partial charge in [0.25, 0.3) is 0 Å². The highest BCUT2D eigenvalue weighted by molar-refractivity contribution is 7.98. The van der Waals surface area contributed by atoms with Crippen LogP contribution in [0.5, 0.6) is 5.75 Å². The van der Waals surface area contributed by atoms with Crippen LogP contribution in [0.4, 0.5) is 5.69 Å². The second-order valence-corrected chi connectivity index (χ2v) is 13.6. The molecule has 0 spiro atoms. The topological polar surface area (TPSA) is 144 Å². The number of anilines is 1. The van der Waals surface area contributed by atoms with Crippen LogP contribution in [0.15, 0.2) is 52.5 Å². The number of benzene rings is 2. The number of nitrogens with zero attached hydrogens (tertiary/aromatic N) is 4. The van der Waals surface area contributed by atoms with E-state index in [0.29, 0.717) is 12.2 Å². The summed E-state index contributed by atoms with van der Waals surface area (Å²) in [4.78, 5) is 33.7. The molecule has 3 atom stereocenters. The van der Waals surface area contributed by atoms with Crippen LogP contribution >= 0.6 is 11.8 Å². The van der Waals surface area contributed by atoms with Gasteiger partial charge in [-0.05, 0) is 51.4 Å². The zero-order chi connectivity index (χ0) is 32.1. The van der Waals surface area contributed by atoms with Crippen LogP contribution in [0.25, 0.3) is 11.0 Å². The number of para-hydroxylation sites is 2. The Kier molecular flexibility index (Phi) is 10.7. The van der Waals surface area contributed by atoms with Crippen LogP contribution in [0.3, 0.4) is 0 Å². The summed E-state index contributed by atoms with van der Waals surface area (Å²) in [6.07, 6.45) is 0.252. The lowest BCUT2D eigenvalue weighted by atomic mass is 10.2. The van der Waals surface area contributed by atoms with E-state index < -0.39 is 34.4 Å². The third-order valence-electron chi connectivity index (χ3n) is 7.65. The van der Waals surface area contributed by atoms with Crippen molar-refractivity contribution in [3.05, 3.63) is 42.5 Å². The van der Waals surface area contributed by atoms with E-state index in [9.17, 15) is 18.0 Å². The predicted octanol–water partition coefficient (Wildman–Crippen LogP) is 2.37. The number of carbonyl (C=O) groups is 2. The number of aromatic nitrogens is 2. The highest BCUT2D eigenvalue weighted by Crippen LogP contribution is 2.31. The van der Waals surface area contributed by atoms with Crippen molar-refractivity contribution in [3.8, 4) is 5.75 Å². The van der Waals surface area contributed by atoms with E-state index in [4.69, 9.17) is 19.2 Å². The van der Waals surface area contributed by atoms with E-state index in [2.05, 4.69) is 26.9 Å². The van der Waals surface area contributed by atoms with Crippen molar-refractivity contribution in [2.75, 3.05) is 58.0 Å². The molecule has 5 rings (SSSR count). The van der Waals surface area contributed by atoms with Crippen LogP contribution < -0.4 is 14.8 Å². The van der Waals surface area contributed by atoms with Gasteiger partial charge in [-0.2, -0.15) is 0 Å². The second-order valence-electron chi connectivity index (χ2n) is 11.2. The molecule has 1 amide bonds. The molecule has 2 aliphatic rings. The minimum Gasteiger partial charge on any atom is -0.487 e. The first kappa shape index (κ1) is 33.2. The first-order valence-corrected chi connectivity index (χ1v) is 17.6. The minimum atomic E-state index is -4.21. The van der Waals surface area contributed by atoms with Crippen molar-refractivity contribution >= 4 is 50.4 Å². The maximum absolute atomic E-state index is 13.7. The molecule has 244 valence electrons. The fraction of sp³-hybridized carbons (Fsp3) is 0.500. The molecule has 3 heterocycles. The van der Waals surface area contributed by atoms with E-state index in [1.54, 1.807) is 6.92 Å². The predicted molar refractivity (Wildman–Crippen MR) is 171 cm³/mol. The summed E-state index contributed by atoms with van der Waals surface area (Å²) in [5.74, 6) is -0.703. The Labute approximate surface area is 267 Å². The molecular formula is C30H40N6O7S2. The van der Waals surface area contributed by atoms with Crippen LogP contribution in [0.2, 0.25) is 0 Å². The molecule has 0 radical (unpaired) electrons. The minimum absolute atomic E-state index is 0.0562.